The van der Waals surface area contributed by atoms with Crippen LogP contribution >= 0.6 is 0 Å². The molecule has 3 aliphatic rings. The van der Waals surface area contributed by atoms with Gasteiger partial charge in [0.2, 0.25) is 0 Å². The van der Waals surface area contributed by atoms with Crippen LogP contribution < -0.4 is 5.32 Å². The van der Waals surface area contributed by atoms with Crippen LogP contribution in [0.4, 0.5) is 0 Å². The fourth-order valence-corrected chi connectivity index (χ4v) is 4.22. The first kappa shape index (κ1) is 12.9. The second kappa shape index (κ2) is 5.10. The van der Waals surface area contributed by atoms with Crippen LogP contribution in [0.25, 0.3) is 0 Å². The average molecular weight is 251 g/mol. The van der Waals surface area contributed by atoms with E-state index in [1.54, 1.807) is 0 Å². The minimum atomic E-state index is 0.750. The predicted molar refractivity (Wildman–Crippen MR) is 75.8 cm³/mol. The van der Waals surface area contributed by atoms with Crippen LogP contribution in [0, 0.1) is 11.3 Å². The summed E-state index contributed by atoms with van der Waals surface area (Å²) in [6.45, 7) is 6.43. The fraction of sp³-hybridized carbons (Fsp3) is 1.00. The molecule has 0 aromatic rings. The van der Waals surface area contributed by atoms with Crippen LogP contribution in [0.1, 0.15) is 32.1 Å². The summed E-state index contributed by atoms with van der Waals surface area (Å²) >= 11 is 0. The van der Waals surface area contributed by atoms with E-state index >= 15 is 0 Å². The predicted octanol–water partition coefficient (Wildman–Crippen LogP) is 1.40. The van der Waals surface area contributed by atoms with Crippen molar-refractivity contribution in [2.24, 2.45) is 11.3 Å². The smallest absolute Gasteiger partial charge is 0.0220 e. The molecule has 2 heterocycles. The van der Waals surface area contributed by atoms with E-state index in [4.69, 9.17) is 0 Å². The molecule has 0 bridgehead atoms. The molecule has 3 rings (SSSR count). The maximum absolute atomic E-state index is 3.50. The Hall–Kier alpha value is -0.120. The number of hydrogen-bond acceptors (Lipinski definition) is 3. The minimum Gasteiger partial charge on any atom is -0.317 e. The minimum absolute atomic E-state index is 0.750. The molecule has 1 saturated carbocycles. The Morgan fingerprint density at radius 1 is 1.33 bits per heavy atom. The van der Waals surface area contributed by atoms with Gasteiger partial charge in [0.15, 0.2) is 0 Å². The van der Waals surface area contributed by atoms with Gasteiger partial charge in [0.05, 0.1) is 0 Å². The van der Waals surface area contributed by atoms with Gasteiger partial charge < -0.3 is 15.1 Å². The lowest BCUT2D eigenvalue weighted by Crippen LogP contribution is -2.46. The number of piperidine rings is 2. The second-order valence-electron chi connectivity index (χ2n) is 7.01. The standard InChI is InChI=1S/C15H29N3/c1-17-9-3-4-14(12-17)18(2)11-13-10-15(13)5-7-16-8-6-15/h13-14,16H,3-12H2,1-2H3. The monoisotopic (exact) mass is 251 g/mol. The summed E-state index contributed by atoms with van der Waals surface area (Å²) in [7, 11) is 4.63. The third-order valence-electron chi connectivity index (χ3n) is 5.69. The molecule has 18 heavy (non-hydrogen) atoms. The van der Waals surface area contributed by atoms with E-state index in [9.17, 15) is 0 Å². The quantitative estimate of drug-likeness (QED) is 0.818. The Bertz CT molecular complexity index is 285. The van der Waals surface area contributed by atoms with Crippen molar-refractivity contribution < 1.29 is 0 Å². The van der Waals surface area contributed by atoms with Gasteiger partial charge in [-0.3, -0.25) is 0 Å². The van der Waals surface area contributed by atoms with Crippen molar-refractivity contribution in [1.82, 2.24) is 15.1 Å². The molecule has 2 atom stereocenters. The molecule has 3 fully saturated rings. The molecule has 2 saturated heterocycles. The van der Waals surface area contributed by atoms with Gasteiger partial charge in [-0.2, -0.15) is 0 Å². The highest BCUT2D eigenvalue weighted by Crippen LogP contribution is 2.58. The average Bonchev–Trinajstić information content (AvgIpc) is 3.02. The Kier molecular flexibility index (Phi) is 3.65. The van der Waals surface area contributed by atoms with E-state index in [0.717, 1.165) is 17.4 Å². The first-order valence-corrected chi connectivity index (χ1v) is 7.79. The summed E-state index contributed by atoms with van der Waals surface area (Å²) in [6.07, 6.45) is 7.14. The third-order valence-corrected chi connectivity index (χ3v) is 5.69. The highest BCUT2D eigenvalue weighted by molar-refractivity contribution is 5.05. The van der Waals surface area contributed by atoms with E-state index in [1.165, 1.54) is 64.8 Å². The highest BCUT2D eigenvalue weighted by Gasteiger charge is 2.53. The molecule has 2 unspecified atom stereocenters. The van der Waals surface area contributed by atoms with Crippen molar-refractivity contribution >= 4 is 0 Å². The van der Waals surface area contributed by atoms with Gasteiger partial charge in [-0.25, -0.2) is 0 Å². The lowest BCUT2D eigenvalue weighted by molar-refractivity contribution is 0.124. The molecule has 0 radical (unpaired) electrons. The van der Waals surface area contributed by atoms with Crippen molar-refractivity contribution in [1.29, 1.82) is 0 Å². The summed E-state index contributed by atoms with van der Waals surface area (Å²) in [5.74, 6) is 0.997. The van der Waals surface area contributed by atoms with Gasteiger partial charge in [-0.05, 0) is 77.2 Å². The van der Waals surface area contributed by atoms with Gasteiger partial charge in [0.1, 0.15) is 0 Å². The molecule has 3 nitrogen and oxygen atoms in total. The maximum Gasteiger partial charge on any atom is 0.0220 e. The number of nitrogens with one attached hydrogen (secondary N) is 1. The number of hydrogen-bond donors (Lipinski definition) is 1. The maximum atomic E-state index is 3.50. The zero-order valence-electron chi connectivity index (χ0n) is 12.1. The van der Waals surface area contributed by atoms with Crippen molar-refractivity contribution in [3.05, 3.63) is 0 Å². The summed E-state index contributed by atoms with van der Waals surface area (Å²) in [5, 5.41) is 3.50. The van der Waals surface area contributed by atoms with Crippen molar-refractivity contribution in [2.45, 2.75) is 38.1 Å². The second-order valence-corrected chi connectivity index (χ2v) is 7.01. The van der Waals surface area contributed by atoms with E-state index in [-0.39, 0.29) is 0 Å². The highest BCUT2D eigenvalue weighted by atomic mass is 15.2. The van der Waals surface area contributed by atoms with Gasteiger partial charge in [-0.15, -0.1) is 0 Å². The van der Waals surface area contributed by atoms with Crippen LogP contribution in [0.15, 0.2) is 0 Å². The normalized spacial score (nSPS) is 36.2. The van der Waals surface area contributed by atoms with Crippen molar-refractivity contribution in [3.8, 4) is 0 Å². The van der Waals surface area contributed by atoms with Crippen LogP contribution in [-0.4, -0.2) is 62.7 Å². The molecule has 1 N–H and O–H groups in total. The molecular formula is C15H29N3. The first-order valence-electron chi connectivity index (χ1n) is 7.79. The molecule has 3 heteroatoms. The lowest BCUT2D eigenvalue weighted by atomic mass is 9.91. The SMILES string of the molecule is CN1CCCC(N(C)CC2CC23CCNCC3)C1. The molecule has 104 valence electrons. The fourth-order valence-electron chi connectivity index (χ4n) is 4.22. The molecule has 0 aromatic heterocycles. The summed E-state index contributed by atoms with van der Waals surface area (Å²) in [4.78, 5) is 5.16. The largest absolute Gasteiger partial charge is 0.317 e. The lowest BCUT2D eigenvalue weighted by Gasteiger charge is -2.36. The summed E-state index contributed by atoms with van der Waals surface area (Å²) < 4.78 is 0. The van der Waals surface area contributed by atoms with E-state index < -0.39 is 0 Å². The van der Waals surface area contributed by atoms with Crippen molar-refractivity contribution in [3.63, 3.8) is 0 Å². The summed E-state index contributed by atoms with van der Waals surface area (Å²) in [5.41, 5.74) is 0.750. The number of nitrogens with zero attached hydrogens (tertiary/aromatic N) is 2. The Morgan fingerprint density at radius 3 is 2.83 bits per heavy atom. The van der Waals surface area contributed by atoms with E-state index in [1.807, 2.05) is 0 Å². The zero-order valence-corrected chi connectivity index (χ0v) is 12.1. The molecule has 1 aliphatic carbocycles. The molecule has 0 aromatic carbocycles. The molecule has 1 spiro atoms. The van der Waals surface area contributed by atoms with E-state index in [2.05, 4.69) is 29.2 Å². The Morgan fingerprint density at radius 2 is 2.11 bits per heavy atom. The number of rotatable bonds is 3. The van der Waals surface area contributed by atoms with Gasteiger partial charge in [0, 0.05) is 19.1 Å². The van der Waals surface area contributed by atoms with Crippen LogP contribution in [0.3, 0.4) is 0 Å². The topological polar surface area (TPSA) is 18.5 Å². The Labute approximate surface area is 112 Å². The van der Waals surface area contributed by atoms with Gasteiger partial charge in [0.25, 0.3) is 0 Å². The van der Waals surface area contributed by atoms with Crippen molar-refractivity contribution in [2.75, 3.05) is 46.8 Å². The molecular weight excluding hydrogens is 222 g/mol. The third kappa shape index (κ3) is 2.59. The van der Waals surface area contributed by atoms with Gasteiger partial charge >= 0.3 is 0 Å². The number of likely N-dealkylation sites (N-methyl/N-ethyl adjacent to an activating group) is 2. The van der Waals surface area contributed by atoms with Crippen LogP contribution in [0.2, 0.25) is 0 Å². The summed E-state index contributed by atoms with van der Waals surface area (Å²) in [6, 6.07) is 0.808. The zero-order chi connectivity index (χ0) is 12.6. The molecule has 0 amide bonds. The number of likely N-dealkylation sites (tertiary alicyclic amines) is 1. The Balaban J connectivity index is 1.48. The first-order chi connectivity index (χ1) is 8.70. The molecule has 2 aliphatic heterocycles. The van der Waals surface area contributed by atoms with Gasteiger partial charge in [-0.1, -0.05) is 0 Å². The van der Waals surface area contributed by atoms with Crippen LogP contribution in [-0.2, 0) is 0 Å². The van der Waals surface area contributed by atoms with E-state index in [0.29, 0.717) is 0 Å². The van der Waals surface area contributed by atoms with Crippen LogP contribution in [0.5, 0.6) is 0 Å².